The van der Waals surface area contributed by atoms with Crippen molar-refractivity contribution in [3.05, 3.63) is 12.2 Å². The van der Waals surface area contributed by atoms with Gasteiger partial charge >= 0.3 is 0 Å². The quantitative estimate of drug-likeness (QED) is 0.463. The predicted octanol–water partition coefficient (Wildman–Crippen LogP) is 4.46. The van der Waals surface area contributed by atoms with Crippen LogP contribution in [0.1, 0.15) is 71.6 Å². The zero-order valence-corrected chi connectivity index (χ0v) is 11.5. The van der Waals surface area contributed by atoms with Gasteiger partial charge in [-0.3, -0.25) is 0 Å². The summed E-state index contributed by atoms with van der Waals surface area (Å²) < 4.78 is 0. The molecule has 1 heteroatoms. The van der Waals surface area contributed by atoms with Crippen LogP contribution in [0, 0.1) is 11.8 Å². The highest BCUT2D eigenvalue weighted by Crippen LogP contribution is 2.04. The van der Waals surface area contributed by atoms with Crippen molar-refractivity contribution < 1.29 is 5.11 Å². The molecule has 0 rings (SSSR count). The van der Waals surface area contributed by atoms with Crippen molar-refractivity contribution in [2.75, 3.05) is 0 Å². The fourth-order valence-electron chi connectivity index (χ4n) is 1.63. The maximum atomic E-state index is 9.59. The molecule has 0 aromatic carbocycles. The zero-order chi connectivity index (χ0) is 12.8. The van der Waals surface area contributed by atoms with Crippen molar-refractivity contribution >= 4 is 0 Å². The molecule has 0 fully saturated rings. The third-order valence-corrected chi connectivity index (χ3v) is 2.76. The van der Waals surface area contributed by atoms with E-state index in [-0.39, 0.29) is 6.10 Å². The first kappa shape index (κ1) is 16.3. The molecule has 0 aromatic rings. The van der Waals surface area contributed by atoms with Crippen LogP contribution < -0.4 is 0 Å². The lowest BCUT2D eigenvalue weighted by molar-refractivity contribution is 0.208. The van der Waals surface area contributed by atoms with Crippen LogP contribution in [-0.2, 0) is 0 Å². The normalized spacial score (nSPS) is 12.4. The van der Waals surface area contributed by atoms with E-state index in [1.807, 2.05) is 6.08 Å². The van der Waals surface area contributed by atoms with Crippen LogP contribution in [0.2, 0.25) is 0 Å². The first-order chi connectivity index (χ1) is 8.31. The number of hydrogen-bond acceptors (Lipinski definition) is 1. The minimum atomic E-state index is -0.309. The van der Waals surface area contributed by atoms with E-state index in [1.54, 1.807) is 6.08 Å². The molecule has 0 aliphatic heterocycles. The van der Waals surface area contributed by atoms with Gasteiger partial charge in [0.25, 0.3) is 0 Å². The van der Waals surface area contributed by atoms with Gasteiger partial charge in [-0.1, -0.05) is 64.2 Å². The Morgan fingerprint density at radius 2 is 1.71 bits per heavy atom. The summed E-state index contributed by atoms with van der Waals surface area (Å²) in [5.74, 6) is 6.11. The highest BCUT2D eigenvalue weighted by molar-refractivity contribution is 5.16. The Hall–Kier alpha value is -0.740. The molecule has 0 aliphatic carbocycles. The molecular formula is C16H28O. The Morgan fingerprint density at radius 3 is 2.41 bits per heavy atom. The molecule has 0 spiro atoms. The van der Waals surface area contributed by atoms with E-state index in [1.165, 1.54) is 38.5 Å². The van der Waals surface area contributed by atoms with Gasteiger partial charge in [-0.2, -0.15) is 0 Å². The van der Waals surface area contributed by atoms with E-state index in [0.29, 0.717) is 0 Å². The van der Waals surface area contributed by atoms with Crippen LogP contribution in [0.4, 0.5) is 0 Å². The summed E-state index contributed by atoms with van der Waals surface area (Å²) in [4.78, 5) is 0. The Balaban J connectivity index is 3.47. The van der Waals surface area contributed by atoms with Gasteiger partial charge in [0.2, 0.25) is 0 Å². The molecule has 0 heterocycles. The van der Waals surface area contributed by atoms with Crippen molar-refractivity contribution in [3.8, 4) is 11.8 Å². The van der Waals surface area contributed by atoms with Gasteiger partial charge in [0.1, 0.15) is 0 Å². The second-order valence-corrected chi connectivity index (χ2v) is 4.55. The molecule has 0 aromatic heterocycles. The average Bonchev–Trinajstić information content (AvgIpc) is 2.33. The van der Waals surface area contributed by atoms with Crippen LogP contribution in [0.3, 0.4) is 0 Å². The first-order valence-electron chi connectivity index (χ1n) is 7.14. The summed E-state index contributed by atoms with van der Waals surface area (Å²) in [5, 5.41) is 9.59. The lowest BCUT2D eigenvalue weighted by Crippen LogP contribution is -2.00. The molecule has 98 valence electrons. The van der Waals surface area contributed by atoms with Crippen molar-refractivity contribution in [3.63, 3.8) is 0 Å². The molecule has 0 bridgehead atoms. The van der Waals surface area contributed by atoms with Crippen LogP contribution in [-0.4, -0.2) is 11.2 Å². The molecule has 0 saturated carbocycles. The van der Waals surface area contributed by atoms with E-state index in [4.69, 9.17) is 0 Å². The first-order valence-corrected chi connectivity index (χ1v) is 7.14. The van der Waals surface area contributed by atoms with Crippen molar-refractivity contribution in [2.24, 2.45) is 0 Å². The highest BCUT2D eigenvalue weighted by Gasteiger charge is 1.96. The fourth-order valence-corrected chi connectivity index (χ4v) is 1.63. The minimum absolute atomic E-state index is 0.309. The Labute approximate surface area is 107 Å². The van der Waals surface area contributed by atoms with Crippen LogP contribution in [0.25, 0.3) is 0 Å². The van der Waals surface area contributed by atoms with Crippen molar-refractivity contribution in [1.29, 1.82) is 0 Å². The van der Waals surface area contributed by atoms with E-state index in [9.17, 15) is 5.11 Å². The summed E-state index contributed by atoms with van der Waals surface area (Å²) in [5.41, 5.74) is 0. The van der Waals surface area contributed by atoms with Gasteiger partial charge in [0, 0.05) is 6.42 Å². The van der Waals surface area contributed by atoms with Gasteiger partial charge in [-0.25, -0.2) is 0 Å². The number of hydrogen-bond donors (Lipinski definition) is 1. The molecular weight excluding hydrogens is 208 g/mol. The minimum Gasteiger partial charge on any atom is -0.389 e. The van der Waals surface area contributed by atoms with Gasteiger partial charge in [-0.05, 0) is 25.0 Å². The number of rotatable bonds is 9. The van der Waals surface area contributed by atoms with Gasteiger partial charge < -0.3 is 5.11 Å². The fraction of sp³-hybridized carbons (Fsp3) is 0.750. The largest absolute Gasteiger partial charge is 0.389 e. The van der Waals surface area contributed by atoms with Gasteiger partial charge in [0.05, 0.1) is 6.10 Å². The second kappa shape index (κ2) is 13.3. The molecule has 0 saturated heterocycles. The summed E-state index contributed by atoms with van der Waals surface area (Å²) >= 11 is 0. The maximum absolute atomic E-state index is 9.59. The lowest BCUT2D eigenvalue weighted by Gasteiger charge is -2.02. The van der Waals surface area contributed by atoms with Crippen molar-refractivity contribution in [1.82, 2.24) is 0 Å². The van der Waals surface area contributed by atoms with Crippen LogP contribution in [0.5, 0.6) is 0 Å². The topological polar surface area (TPSA) is 20.2 Å². The number of aliphatic hydroxyl groups excluding tert-OH is 1. The zero-order valence-electron chi connectivity index (χ0n) is 11.5. The van der Waals surface area contributed by atoms with Crippen LogP contribution in [0.15, 0.2) is 12.2 Å². The average molecular weight is 236 g/mol. The number of allylic oxidation sites excluding steroid dienone is 1. The molecule has 1 N–H and O–H groups in total. The molecule has 0 amide bonds. The molecule has 1 nitrogen and oxygen atoms in total. The highest BCUT2D eigenvalue weighted by atomic mass is 16.3. The molecule has 0 aliphatic rings. The lowest BCUT2D eigenvalue weighted by atomic mass is 10.1. The standard InChI is InChI=1S/C16H28O/c1-3-5-7-8-9-10-11-13-15-16(17)14-12-6-4-2/h13,15-17H,3-9,12,14H2,1-2H3/b15-13+. The summed E-state index contributed by atoms with van der Waals surface area (Å²) in [7, 11) is 0. The smallest absolute Gasteiger partial charge is 0.0730 e. The summed E-state index contributed by atoms with van der Waals surface area (Å²) in [6, 6.07) is 0. The SMILES string of the molecule is CCCCCCC#C/C=C/C(O)CCCCC. The Bertz CT molecular complexity index is 232. The van der Waals surface area contributed by atoms with Gasteiger partial charge in [0.15, 0.2) is 0 Å². The van der Waals surface area contributed by atoms with E-state index in [0.717, 1.165) is 19.3 Å². The van der Waals surface area contributed by atoms with E-state index >= 15 is 0 Å². The molecule has 0 radical (unpaired) electrons. The van der Waals surface area contributed by atoms with Gasteiger partial charge in [-0.15, -0.1) is 0 Å². The maximum Gasteiger partial charge on any atom is 0.0730 e. The molecule has 1 unspecified atom stereocenters. The monoisotopic (exact) mass is 236 g/mol. The summed E-state index contributed by atoms with van der Waals surface area (Å²) in [6.45, 7) is 4.39. The number of unbranched alkanes of at least 4 members (excludes halogenated alkanes) is 6. The Kier molecular flexibility index (Phi) is 12.7. The van der Waals surface area contributed by atoms with Crippen LogP contribution >= 0.6 is 0 Å². The van der Waals surface area contributed by atoms with E-state index in [2.05, 4.69) is 25.7 Å². The third-order valence-electron chi connectivity index (χ3n) is 2.76. The predicted molar refractivity (Wildman–Crippen MR) is 75.8 cm³/mol. The third kappa shape index (κ3) is 13.2. The van der Waals surface area contributed by atoms with E-state index < -0.39 is 0 Å². The molecule has 17 heavy (non-hydrogen) atoms. The molecule has 1 atom stereocenters. The second-order valence-electron chi connectivity index (χ2n) is 4.55. The Morgan fingerprint density at radius 1 is 1.00 bits per heavy atom. The van der Waals surface area contributed by atoms with Crippen molar-refractivity contribution in [2.45, 2.75) is 77.7 Å². The summed E-state index contributed by atoms with van der Waals surface area (Å²) in [6.07, 6.45) is 13.7. The number of aliphatic hydroxyl groups is 1.